The Labute approximate surface area is 314 Å². The molecule has 0 saturated carbocycles. The van der Waals surface area contributed by atoms with Crippen molar-refractivity contribution in [3.8, 4) is 0 Å². The molecule has 1 radical (unpaired) electrons. The first kappa shape index (κ1) is 44.6. The van der Waals surface area contributed by atoms with E-state index in [9.17, 15) is 0 Å². The molecular formula is C50H85. The van der Waals surface area contributed by atoms with Crippen LogP contribution < -0.4 is 0 Å². The fourth-order valence-corrected chi connectivity index (χ4v) is 8.40. The van der Waals surface area contributed by atoms with Crippen LogP contribution in [0.15, 0.2) is 36.4 Å². The zero-order chi connectivity index (χ0) is 36.1. The fraction of sp³-hybridized carbons (Fsp3) is 0.740. The van der Waals surface area contributed by atoms with Gasteiger partial charge in [-0.1, -0.05) is 219 Å². The molecule has 0 spiro atoms. The Morgan fingerprint density at radius 2 is 0.840 bits per heavy atom. The zero-order valence-corrected chi connectivity index (χ0v) is 34.7. The van der Waals surface area contributed by atoms with E-state index in [1.165, 1.54) is 186 Å². The van der Waals surface area contributed by atoms with Gasteiger partial charge in [-0.3, -0.25) is 0 Å². The van der Waals surface area contributed by atoms with Crippen LogP contribution in [0.5, 0.6) is 0 Å². The molecule has 0 nitrogen and oxygen atoms in total. The van der Waals surface area contributed by atoms with Gasteiger partial charge in [-0.05, 0) is 96.6 Å². The molecule has 0 aliphatic rings. The predicted molar refractivity (Wildman–Crippen MR) is 227 cm³/mol. The molecule has 0 aliphatic heterocycles. The summed E-state index contributed by atoms with van der Waals surface area (Å²) in [5.74, 6) is 1.20. The maximum Gasteiger partial charge on any atom is -0.0130 e. The topological polar surface area (TPSA) is 0 Å². The first-order valence-electron chi connectivity index (χ1n) is 22.7. The normalized spacial score (nSPS) is 12.8. The molecule has 0 heterocycles. The Morgan fingerprint density at radius 1 is 0.420 bits per heavy atom. The third-order valence-electron chi connectivity index (χ3n) is 11.4. The van der Waals surface area contributed by atoms with Crippen molar-refractivity contribution >= 4 is 0 Å². The van der Waals surface area contributed by atoms with E-state index in [4.69, 9.17) is 0 Å². The molecule has 50 heavy (non-hydrogen) atoms. The van der Waals surface area contributed by atoms with Crippen LogP contribution in [0.3, 0.4) is 0 Å². The van der Waals surface area contributed by atoms with E-state index in [1.807, 2.05) is 0 Å². The average Bonchev–Trinajstić information content (AvgIpc) is 3.12. The molecule has 2 atom stereocenters. The van der Waals surface area contributed by atoms with Crippen LogP contribution in [0.1, 0.15) is 235 Å². The number of aryl methyl sites for hydroxylation is 4. The Kier molecular flexibility index (Phi) is 26.7. The third kappa shape index (κ3) is 19.3. The average molecular weight is 686 g/mol. The van der Waals surface area contributed by atoms with E-state index in [-0.39, 0.29) is 0 Å². The summed E-state index contributed by atoms with van der Waals surface area (Å²) in [6.45, 7) is 14.0. The van der Waals surface area contributed by atoms with Crippen LogP contribution in [0, 0.1) is 12.3 Å². The van der Waals surface area contributed by atoms with Gasteiger partial charge in [0.1, 0.15) is 0 Å². The molecule has 285 valence electrons. The lowest BCUT2D eigenvalue weighted by Crippen LogP contribution is -2.13. The van der Waals surface area contributed by atoms with Crippen molar-refractivity contribution in [2.45, 2.75) is 234 Å². The van der Waals surface area contributed by atoms with Crippen molar-refractivity contribution in [3.05, 3.63) is 76.2 Å². The van der Waals surface area contributed by atoms with Gasteiger partial charge in [-0.25, -0.2) is 0 Å². The zero-order valence-electron chi connectivity index (χ0n) is 34.7. The number of hydrogen-bond acceptors (Lipinski definition) is 0. The second kappa shape index (κ2) is 30.0. The molecule has 0 aromatic heterocycles. The number of rotatable bonds is 33. The molecule has 0 amide bonds. The van der Waals surface area contributed by atoms with E-state index >= 15 is 0 Å². The number of benzene rings is 2. The molecule has 2 unspecified atom stereocenters. The van der Waals surface area contributed by atoms with Crippen LogP contribution in [-0.4, -0.2) is 0 Å². The quantitative estimate of drug-likeness (QED) is 0.0656. The first-order chi connectivity index (χ1) is 24.6. The van der Waals surface area contributed by atoms with Crippen LogP contribution in [0.25, 0.3) is 0 Å². The molecule has 2 rings (SSSR count). The van der Waals surface area contributed by atoms with E-state index in [0.717, 1.165) is 0 Å². The van der Waals surface area contributed by atoms with Crippen LogP contribution in [0.2, 0.25) is 0 Å². The molecule has 0 N–H and O–H groups in total. The second-order valence-electron chi connectivity index (χ2n) is 16.1. The lowest BCUT2D eigenvalue weighted by molar-refractivity contribution is 0.463. The summed E-state index contributed by atoms with van der Waals surface area (Å²) in [7, 11) is 0. The van der Waals surface area contributed by atoms with Gasteiger partial charge in [0.2, 0.25) is 0 Å². The van der Waals surface area contributed by atoms with Crippen molar-refractivity contribution in [3.63, 3.8) is 0 Å². The SMILES string of the molecule is CCCCCCCCCCCCCCCCCCCCC([CH]C(CC)c1ccc(CCC)c(CCC)c1)Cc1ccc(CCC)c(CCC)c1. The van der Waals surface area contributed by atoms with Crippen LogP contribution >= 0.6 is 0 Å². The van der Waals surface area contributed by atoms with Gasteiger partial charge in [0.15, 0.2) is 0 Å². The smallest absolute Gasteiger partial charge is 0.0130 e. The van der Waals surface area contributed by atoms with Crippen LogP contribution in [0.4, 0.5) is 0 Å². The number of hydrogen-bond donors (Lipinski definition) is 0. The van der Waals surface area contributed by atoms with E-state index in [2.05, 4.69) is 84.4 Å². The first-order valence-corrected chi connectivity index (χ1v) is 22.7. The minimum Gasteiger partial charge on any atom is -0.0654 e. The fourth-order valence-electron chi connectivity index (χ4n) is 8.40. The van der Waals surface area contributed by atoms with Gasteiger partial charge in [-0.15, -0.1) is 0 Å². The maximum atomic E-state index is 2.79. The Morgan fingerprint density at radius 3 is 1.30 bits per heavy atom. The molecule has 0 aliphatic carbocycles. The highest BCUT2D eigenvalue weighted by Gasteiger charge is 2.20. The summed E-state index contributed by atoms with van der Waals surface area (Å²) >= 11 is 0. The Bertz CT molecular complexity index is 1060. The highest BCUT2D eigenvalue weighted by atomic mass is 14.2. The third-order valence-corrected chi connectivity index (χ3v) is 11.4. The van der Waals surface area contributed by atoms with E-state index in [0.29, 0.717) is 11.8 Å². The maximum absolute atomic E-state index is 2.79. The summed E-state index contributed by atoms with van der Waals surface area (Å²) in [5.41, 5.74) is 9.51. The van der Waals surface area contributed by atoms with Gasteiger partial charge in [0.25, 0.3) is 0 Å². The molecule has 0 bridgehead atoms. The van der Waals surface area contributed by atoms with Crippen molar-refractivity contribution in [2.24, 2.45) is 5.92 Å². The molecule has 0 fully saturated rings. The summed E-state index contributed by atoms with van der Waals surface area (Å²) in [4.78, 5) is 0. The highest BCUT2D eigenvalue weighted by Crippen LogP contribution is 2.33. The van der Waals surface area contributed by atoms with E-state index in [1.54, 1.807) is 33.4 Å². The number of unbranched alkanes of at least 4 members (excludes halogenated alkanes) is 17. The summed E-state index contributed by atoms with van der Waals surface area (Å²) in [5, 5.41) is 0. The predicted octanol–water partition coefficient (Wildman–Crippen LogP) is 16.5. The minimum atomic E-state index is 0.552. The summed E-state index contributed by atoms with van der Waals surface area (Å²) < 4.78 is 0. The van der Waals surface area contributed by atoms with Gasteiger partial charge in [0, 0.05) is 0 Å². The van der Waals surface area contributed by atoms with Gasteiger partial charge >= 0.3 is 0 Å². The van der Waals surface area contributed by atoms with Crippen molar-refractivity contribution in [1.29, 1.82) is 0 Å². The van der Waals surface area contributed by atoms with Crippen LogP contribution in [-0.2, 0) is 32.1 Å². The van der Waals surface area contributed by atoms with Gasteiger partial charge in [0.05, 0.1) is 0 Å². The molecule has 0 saturated heterocycles. The van der Waals surface area contributed by atoms with Gasteiger partial charge < -0.3 is 0 Å². The molecule has 2 aromatic carbocycles. The lowest BCUT2D eigenvalue weighted by atomic mass is 9.80. The Hall–Kier alpha value is -1.56. The van der Waals surface area contributed by atoms with Crippen molar-refractivity contribution in [2.75, 3.05) is 0 Å². The summed E-state index contributed by atoms with van der Waals surface area (Å²) in [6.07, 6.45) is 42.4. The van der Waals surface area contributed by atoms with Gasteiger partial charge in [-0.2, -0.15) is 0 Å². The monoisotopic (exact) mass is 686 g/mol. The molecular weight excluding hydrogens is 601 g/mol. The Balaban J connectivity index is 1.85. The largest absolute Gasteiger partial charge is 0.0654 e. The lowest BCUT2D eigenvalue weighted by Gasteiger charge is -2.25. The highest BCUT2D eigenvalue weighted by molar-refractivity contribution is 5.36. The molecule has 2 aromatic rings. The molecule has 0 heteroatoms. The standard InChI is InChI=1S/C50H85/c1-7-13-14-15-16-17-18-19-20-21-22-23-24-25-26-27-28-29-34-43(39-44-35-36-46(30-8-2)48(41-44)32-10-4)40-45(12-6)50-38-37-47(31-9-3)49(42-50)33-11-5/h35-38,40-43,45H,7-34,39H2,1-6H3. The second-order valence-corrected chi connectivity index (χ2v) is 16.1. The van der Waals surface area contributed by atoms with Crippen molar-refractivity contribution in [1.82, 2.24) is 0 Å². The van der Waals surface area contributed by atoms with Crippen molar-refractivity contribution < 1.29 is 0 Å². The van der Waals surface area contributed by atoms with E-state index < -0.39 is 0 Å². The summed E-state index contributed by atoms with van der Waals surface area (Å²) in [6, 6.07) is 15.1. The minimum absolute atomic E-state index is 0.552.